The molecule has 32 heavy (non-hydrogen) atoms. The number of carbonyl (C=O) groups is 1. The number of nitrogens with one attached hydrogen (secondary N) is 2. The molecule has 3 aromatic rings. The number of fused-ring (bicyclic) bond motifs is 1. The molecule has 2 N–H and O–H groups in total. The second-order valence-electron chi connectivity index (χ2n) is 7.01. The summed E-state index contributed by atoms with van der Waals surface area (Å²) in [5, 5.41) is 4.13. The molecule has 1 aliphatic heterocycles. The average Bonchev–Trinajstić information content (AvgIpc) is 3.16. The Hall–Kier alpha value is -3.64. The third kappa shape index (κ3) is 4.65. The van der Waals surface area contributed by atoms with Crippen molar-refractivity contribution < 1.29 is 27.1 Å². The number of aromatic nitrogens is 2. The number of anilines is 1. The quantitative estimate of drug-likeness (QED) is 0.559. The number of hydrogen-bond acceptors (Lipinski definition) is 6. The van der Waals surface area contributed by atoms with E-state index in [-0.39, 0.29) is 24.3 Å². The van der Waals surface area contributed by atoms with E-state index in [0.717, 1.165) is 0 Å². The summed E-state index contributed by atoms with van der Waals surface area (Å²) < 4.78 is 55.0. The summed E-state index contributed by atoms with van der Waals surface area (Å²) in [4.78, 5) is 13.8. The SMILES string of the molecule is CNS(=O)(=O)Nc1cccc(CN2Cc3ccc(Oc4ccn(C)n4)cc3OC2=O)c1F. The second kappa shape index (κ2) is 8.48. The van der Waals surface area contributed by atoms with Gasteiger partial charge in [-0.3, -0.25) is 14.3 Å². The summed E-state index contributed by atoms with van der Waals surface area (Å²) >= 11 is 0. The monoisotopic (exact) mass is 461 g/mol. The molecule has 0 fully saturated rings. The number of amides is 1. The van der Waals surface area contributed by atoms with Gasteiger partial charge < -0.3 is 9.47 Å². The normalized spacial score (nSPS) is 13.5. The van der Waals surface area contributed by atoms with Crippen LogP contribution in [0.25, 0.3) is 0 Å². The van der Waals surface area contributed by atoms with Gasteiger partial charge in [-0.05, 0) is 18.2 Å². The summed E-state index contributed by atoms with van der Waals surface area (Å²) in [6.45, 7) is 0.0787. The molecule has 2 aromatic carbocycles. The highest BCUT2D eigenvalue weighted by Gasteiger charge is 2.27. The molecule has 168 valence electrons. The summed E-state index contributed by atoms with van der Waals surface area (Å²) in [5.41, 5.74) is 0.626. The van der Waals surface area contributed by atoms with Gasteiger partial charge in [0.15, 0.2) is 5.82 Å². The van der Waals surface area contributed by atoms with Gasteiger partial charge in [-0.1, -0.05) is 12.1 Å². The summed E-state index contributed by atoms with van der Waals surface area (Å²) in [7, 11) is -0.909. The van der Waals surface area contributed by atoms with Crippen LogP contribution in [0.3, 0.4) is 0 Å². The number of hydrogen-bond donors (Lipinski definition) is 2. The lowest BCUT2D eigenvalue weighted by Gasteiger charge is -2.28. The minimum Gasteiger partial charge on any atom is -0.437 e. The molecule has 1 aliphatic rings. The van der Waals surface area contributed by atoms with E-state index in [0.29, 0.717) is 22.9 Å². The zero-order valence-corrected chi connectivity index (χ0v) is 18.0. The zero-order valence-electron chi connectivity index (χ0n) is 17.2. The van der Waals surface area contributed by atoms with E-state index in [4.69, 9.17) is 9.47 Å². The van der Waals surface area contributed by atoms with Crippen molar-refractivity contribution in [3.8, 4) is 17.4 Å². The highest BCUT2D eigenvalue weighted by molar-refractivity contribution is 7.90. The van der Waals surface area contributed by atoms with Gasteiger partial charge >= 0.3 is 6.09 Å². The average molecular weight is 461 g/mol. The molecule has 0 spiro atoms. The van der Waals surface area contributed by atoms with Crippen LogP contribution >= 0.6 is 0 Å². The van der Waals surface area contributed by atoms with Crippen LogP contribution in [0.1, 0.15) is 11.1 Å². The van der Waals surface area contributed by atoms with Crippen molar-refractivity contribution in [2.75, 3.05) is 11.8 Å². The third-order valence-electron chi connectivity index (χ3n) is 4.72. The number of carbonyl (C=O) groups excluding carboxylic acids is 1. The lowest BCUT2D eigenvalue weighted by Crippen LogP contribution is -2.36. The molecule has 12 heteroatoms. The van der Waals surface area contributed by atoms with Gasteiger partial charge in [-0.2, -0.15) is 8.42 Å². The Bertz CT molecular complexity index is 1280. The molecule has 1 amide bonds. The summed E-state index contributed by atoms with van der Waals surface area (Å²) in [5.74, 6) is 0.430. The first-order valence-corrected chi connectivity index (χ1v) is 11.0. The van der Waals surface area contributed by atoms with Crippen LogP contribution in [0.15, 0.2) is 48.7 Å². The van der Waals surface area contributed by atoms with Gasteiger partial charge in [0.1, 0.15) is 11.5 Å². The molecule has 0 unspecified atom stereocenters. The minimum absolute atomic E-state index is 0.106. The van der Waals surface area contributed by atoms with Crippen molar-refractivity contribution in [3.05, 3.63) is 65.6 Å². The Morgan fingerprint density at radius 2 is 2.06 bits per heavy atom. The first kappa shape index (κ1) is 21.6. The molecule has 10 nitrogen and oxygen atoms in total. The Labute approximate surface area is 183 Å². The Morgan fingerprint density at radius 1 is 1.25 bits per heavy atom. The van der Waals surface area contributed by atoms with E-state index in [2.05, 4.69) is 14.5 Å². The van der Waals surface area contributed by atoms with E-state index in [1.807, 2.05) is 0 Å². The van der Waals surface area contributed by atoms with E-state index >= 15 is 0 Å². The standard InChI is InChI=1S/C20H20FN5O5S/c1-22-32(28,29)24-16-5-3-4-14(19(16)21)12-26-11-13-6-7-15(10-17(13)31-20(26)27)30-18-8-9-25(2)23-18/h3-10,22,24H,11-12H2,1-2H3. The molecule has 0 saturated carbocycles. The maximum Gasteiger partial charge on any atom is 0.415 e. The Balaban J connectivity index is 1.50. The minimum atomic E-state index is -3.88. The van der Waals surface area contributed by atoms with E-state index in [1.165, 1.54) is 30.1 Å². The number of ether oxygens (including phenoxy) is 2. The van der Waals surface area contributed by atoms with Crippen molar-refractivity contribution in [2.45, 2.75) is 13.1 Å². The first-order valence-electron chi connectivity index (χ1n) is 9.50. The molecular weight excluding hydrogens is 441 g/mol. The predicted molar refractivity (Wildman–Crippen MR) is 113 cm³/mol. The van der Waals surface area contributed by atoms with Crippen molar-refractivity contribution in [3.63, 3.8) is 0 Å². The number of aryl methyl sites for hydroxylation is 1. The first-order chi connectivity index (χ1) is 15.2. The number of nitrogens with zero attached hydrogens (tertiary/aromatic N) is 3. The highest BCUT2D eigenvalue weighted by atomic mass is 32.2. The molecule has 4 rings (SSSR count). The predicted octanol–water partition coefficient (Wildman–Crippen LogP) is 2.74. The van der Waals surface area contributed by atoms with Gasteiger partial charge in [0.2, 0.25) is 5.88 Å². The van der Waals surface area contributed by atoms with Gasteiger partial charge in [-0.15, -0.1) is 5.10 Å². The van der Waals surface area contributed by atoms with Gasteiger partial charge in [-0.25, -0.2) is 13.9 Å². The van der Waals surface area contributed by atoms with Crippen molar-refractivity contribution in [2.24, 2.45) is 7.05 Å². The summed E-state index contributed by atoms with van der Waals surface area (Å²) in [6, 6.07) is 11.0. The Morgan fingerprint density at radius 3 is 2.78 bits per heavy atom. The molecule has 0 bridgehead atoms. The lowest BCUT2D eigenvalue weighted by molar-refractivity contribution is 0.134. The molecular formula is C20H20FN5O5S. The van der Waals surface area contributed by atoms with Crippen LogP contribution in [-0.4, -0.2) is 36.2 Å². The maximum absolute atomic E-state index is 14.8. The second-order valence-corrected chi connectivity index (χ2v) is 8.63. The fourth-order valence-electron chi connectivity index (χ4n) is 3.12. The number of rotatable bonds is 7. The van der Waals surface area contributed by atoms with Crippen molar-refractivity contribution >= 4 is 22.0 Å². The molecule has 0 radical (unpaired) electrons. The fourth-order valence-corrected chi connectivity index (χ4v) is 3.67. The maximum atomic E-state index is 14.8. The van der Waals surface area contributed by atoms with Gasteiger partial charge in [0.25, 0.3) is 10.2 Å². The molecule has 2 heterocycles. The number of benzene rings is 2. The zero-order chi connectivity index (χ0) is 22.9. The van der Waals surface area contributed by atoms with E-state index in [1.54, 1.807) is 42.2 Å². The van der Waals surface area contributed by atoms with Gasteiger partial charge in [0, 0.05) is 43.6 Å². The van der Waals surface area contributed by atoms with Crippen LogP contribution in [0.4, 0.5) is 14.9 Å². The van der Waals surface area contributed by atoms with E-state index < -0.39 is 22.1 Å². The van der Waals surface area contributed by atoms with Crippen molar-refractivity contribution in [1.29, 1.82) is 0 Å². The van der Waals surface area contributed by atoms with Crippen LogP contribution in [0.5, 0.6) is 17.4 Å². The molecule has 0 aliphatic carbocycles. The van der Waals surface area contributed by atoms with Crippen LogP contribution in [0.2, 0.25) is 0 Å². The third-order valence-corrected chi connectivity index (χ3v) is 5.75. The topological polar surface area (TPSA) is 115 Å². The highest BCUT2D eigenvalue weighted by Crippen LogP contribution is 2.33. The molecule has 1 aromatic heterocycles. The van der Waals surface area contributed by atoms with Crippen molar-refractivity contribution in [1.82, 2.24) is 19.4 Å². The smallest absolute Gasteiger partial charge is 0.415 e. The lowest BCUT2D eigenvalue weighted by atomic mass is 10.1. The summed E-state index contributed by atoms with van der Waals surface area (Å²) in [6.07, 6.45) is 1.08. The van der Waals surface area contributed by atoms with Gasteiger partial charge in [0.05, 0.1) is 18.8 Å². The van der Waals surface area contributed by atoms with E-state index in [9.17, 15) is 17.6 Å². The van der Waals surface area contributed by atoms with Crippen LogP contribution in [-0.2, 0) is 30.3 Å². The largest absolute Gasteiger partial charge is 0.437 e. The van der Waals surface area contributed by atoms with Crippen LogP contribution in [0, 0.1) is 5.82 Å². The molecule has 0 saturated heterocycles. The Kier molecular flexibility index (Phi) is 5.72. The van der Waals surface area contributed by atoms with Crippen LogP contribution < -0.4 is 18.9 Å². The fraction of sp³-hybridized carbons (Fsp3) is 0.200. The number of halogens is 1. The molecule has 0 atom stereocenters.